The van der Waals surface area contributed by atoms with Crippen molar-refractivity contribution in [2.75, 3.05) is 13.1 Å². The molecule has 4 rings (SSSR count). The first kappa shape index (κ1) is 15.4. The first-order valence-electron chi connectivity index (χ1n) is 8.72. The number of aromatic nitrogens is 1. The van der Waals surface area contributed by atoms with E-state index in [-0.39, 0.29) is 17.6 Å². The largest absolute Gasteiger partial charge is 0.360 e. The summed E-state index contributed by atoms with van der Waals surface area (Å²) in [5.74, 6) is 1.25. The van der Waals surface area contributed by atoms with Crippen LogP contribution in [0.3, 0.4) is 0 Å². The Bertz CT molecular complexity index is 721. The highest BCUT2D eigenvalue weighted by molar-refractivity contribution is 5.92. The quantitative estimate of drug-likeness (QED) is 0.852. The van der Waals surface area contributed by atoms with Crippen molar-refractivity contribution in [1.82, 2.24) is 10.1 Å². The van der Waals surface area contributed by atoms with Gasteiger partial charge in [0, 0.05) is 31.0 Å². The second kappa shape index (κ2) is 6.38. The summed E-state index contributed by atoms with van der Waals surface area (Å²) in [7, 11) is 0. The lowest BCUT2D eigenvalue weighted by molar-refractivity contribution is 0.0744. The molecule has 1 saturated heterocycles. The Hall–Kier alpha value is -2.17. The van der Waals surface area contributed by atoms with E-state index in [2.05, 4.69) is 5.16 Å². The summed E-state index contributed by atoms with van der Waals surface area (Å²) < 4.78 is 18.5. The van der Waals surface area contributed by atoms with E-state index in [1.165, 1.54) is 12.1 Å². The van der Waals surface area contributed by atoms with Gasteiger partial charge in [-0.1, -0.05) is 23.7 Å². The van der Waals surface area contributed by atoms with Gasteiger partial charge in [0.25, 0.3) is 5.91 Å². The molecule has 2 heterocycles. The number of hydrogen-bond acceptors (Lipinski definition) is 3. The highest BCUT2D eigenvalue weighted by atomic mass is 19.1. The van der Waals surface area contributed by atoms with Crippen LogP contribution in [0.5, 0.6) is 0 Å². The third-order valence-electron chi connectivity index (χ3n) is 5.03. The van der Waals surface area contributed by atoms with E-state index in [1.54, 1.807) is 6.07 Å². The van der Waals surface area contributed by atoms with Gasteiger partial charge in [-0.05, 0) is 43.4 Å². The van der Waals surface area contributed by atoms with Crippen molar-refractivity contribution in [3.8, 4) is 0 Å². The number of hydrogen-bond donors (Lipinski definition) is 0. The van der Waals surface area contributed by atoms with Crippen molar-refractivity contribution in [3.63, 3.8) is 0 Å². The molecule has 1 aliphatic heterocycles. The molecule has 2 aliphatic rings. The zero-order valence-corrected chi connectivity index (χ0v) is 13.6. The van der Waals surface area contributed by atoms with Crippen LogP contribution < -0.4 is 0 Å². The monoisotopic (exact) mass is 328 g/mol. The molecule has 5 heteroatoms. The Morgan fingerprint density at radius 2 is 1.92 bits per heavy atom. The van der Waals surface area contributed by atoms with Crippen LogP contribution in [0.15, 0.2) is 34.9 Å². The number of halogens is 1. The molecule has 0 radical (unpaired) electrons. The predicted molar refractivity (Wildman–Crippen MR) is 87.4 cm³/mol. The second-order valence-corrected chi connectivity index (χ2v) is 6.88. The molecular formula is C19H21FN2O2. The van der Waals surface area contributed by atoms with E-state index in [0.29, 0.717) is 18.2 Å². The van der Waals surface area contributed by atoms with Gasteiger partial charge in [0.1, 0.15) is 11.6 Å². The average molecular weight is 328 g/mol. The molecule has 1 aliphatic carbocycles. The minimum atomic E-state index is -0.226. The number of benzene rings is 1. The van der Waals surface area contributed by atoms with Crippen molar-refractivity contribution in [1.29, 1.82) is 0 Å². The van der Waals surface area contributed by atoms with Crippen molar-refractivity contribution in [2.24, 2.45) is 0 Å². The Labute approximate surface area is 140 Å². The van der Waals surface area contributed by atoms with Gasteiger partial charge in [-0.2, -0.15) is 0 Å². The molecular weight excluding hydrogens is 307 g/mol. The third-order valence-corrected chi connectivity index (χ3v) is 5.03. The van der Waals surface area contributed by atoms with Crippen LogP contribution in [0.1, 0.15) is 65.8 Å². The van der Waals surface area contributed by atoms with Gasteiger partial charge in [0.05, 0.1) is 0 Å². The zero-order valence-electron chi connectivity index (χ0n) is 13.6. The lowest BCUT2D eigenvalue weighted by atomic mass is 9.94. The molecule has 1 aromatic carbocycles. The maximum absolute atomic E-state index is 13.1. The number of amides is 1. The number of carbonyl (C=O) groups is 1. The van der Waals surface area contributed by atoms with Gasteiger partial charge in [0.15, 0.2) is 5.69 Å². The normalized spacial score (nSPS) is 21.5. The minimum absolute atomic E-state index is 0.0559. The highest BCUT2D eigenvalue weighted by Crippen LogP contribution is 2.40. The van der Waals surface area contributed by atoms with E-state index in [9.17, 15) is 9.18 Å². The van der Waals surface area contributed by atoms with Crippen molar-refractivity contribution < 1.29 is 13.7 Å². The van der Waals surface area contributed by atoms with Crippen molar-refractivity contribution >= 4 is 5.91 Å². The molecule has 1 unspecified atom stereocenters. The Kier molecular flexibility index (Phi) is 4.08. The minimum Gasteiger partial charge on any atom is -0.360 e. The Morgan fingerprint density at radius 1 is 1.12 bits per heavy atom. The lowest BCUT2D eigenvalue weighted by Crippen LogP contribution is -2.34. The van der Waals surface area contributed by atoms with Crippen LogP contribution in [0.25, 0.3) is 0 Å². The average Bonchev–Trinajstić information content (AvgIpc) is 3.37. The topological polar surface area (TPSA) is 46.3 Å². The van der Waals surface area contributed by atoms with Gasteiger partial charge in [-0.25, -0.2) is 4.39 Å². The van der Waals surface area contributed by atoms with Gasteiger partial charge in [-0.15, -0.1) is 0 Å². The zero-order chi connectivity index (χ0) is 16.5. The number of nitrogens with zero attached hydrogens (tertiary/aromatic N) is 2. The summed E-state index contributed by atoms with van der Waals surface area (Å²) in [6, 6.07) is 8.44. The van der Waals surface area contributed by atoms with E-state index in [1.807, 2.05) is 17.0 Å². The summed E-state index contributed by atoms with van der Waals surface area (Å²) >= 11 is 0. The fourth-order valence-corrected chi connectivity index (χ4v) is 3.45. The first-order chi connectivity index (χ1) is 11.7. The fourth-order valence-electron chi connectivity index (χ4n) is 3.45. The Morgan fingerprint density at radius 3 is 2.67 bits per heavy atom. The lowest BCUT2D eigenvalue weighted by Gasteiger charge is -2.24. The van der Waals surface area contributed by atoms with Gasteiger partial charge in [-0.3, -0.25) is 4.79 Å². The molecule has 2 fully saturated rings. The van der Waals surface area contributed by atoms with Crippen LogP contribution in [0.2, 0.25) is 0 Å². The second-order valence-electron chi connectivity index (χ2n) is 6.88. The van der Waals surface area contributed by atoms with Crippen LogP contribution in [-0.2, 0) is 0 Å². The number of likely N-dealkylation sites (tertiary alicyclic amines) is 1. The first-order valence-corrected chi connectivity index (χ1v) is 8.72. The fraction of sp³-hybridized carbons (Fsp3) is 0.474. The maximum atomic E-state index is 13.1. The molecule has 4 nitrogen and oxygen atoms in total. The van der Waals surface area contributed by atoms with Crippen LogP contribution in [0.4, 0.5) is 4.39 Å². The molecule has 1 aromatic heterocycles. The van der Waals surface area contributed by atoms with Crippen molar-refractivity contribution in [3.05, 3.63) is 53.2 Å². The molecule has 0 N–H and O–H groups in total. The summed E-state index contributed by atoms with van der Waals surface area (Å²) in [4.78, 5) is 14.7. The molecule has 24 heavy (non-hydrogen) atoms. The molecule has 1 saturated carbocycles. The predicted octanol–water partition coefficient (Wildman–Crippen LogP) is 4.10. The third kappa shape index (κ3) is 3.21. The van der Waals surface area contributed by atoms with Crippen LogP contribution in [0, 0.1) is 5.82 Å². The molecule has 126 valence electrons. The summed E-state index contributed by atoms with van der Waals surface area (Å²) in [5, 5.41) is 3.98. The molecule has 0 spiro atoms. The highest BCUT2D eigenvalue weighted by Gasteiger charge is 2.31. The number of carbonyl (C=O) groups excluding carboxylic acids is 1. The smallest absolute Gasteiger partial charge is 0.276 e. The SMILES string of the molecule is O=C(c1cc(C2CC2)on1)N1CCCCC(c2ccc(F)cc2)C1. The van der Waals surface area contributed by atoms with Crippen molar-refractivity contribution in [2.45, 2.75) is 43.9 Å². The van der Waals surface area contributed by atoms with E-state index < -0.39 is 0 Å². The summed E-state index contributed by atoms with van der Waals surface area (Å²) in [5.41, 5.74) is 1.51. The van der Waals surface area contributed by atoms with Crippen LogP contribution >= 0.6 is 0 Å². The maximum Gasteiger partial charge on any atom is 0.276 e. The summed E-state index contributed by atoms with van der Waals surface area (Å²) in [6.45, 7) is 1.39. The molecule has 1 amide bonds. The molecule has 2 aromatic rings. The van der Waals surface area contributed by atoms with E-state index in [0.717, 1.165) is 50.0 Å². The number of rotatable bonds is 3. The molecule has 0 bridgehead atoms. The van der Waals surface area contributed by atoms with Crippen LogP contribution in [-0.4, -0.2) is 29.1 Å². The standard InChI is InChI=1S/C19H21FN2O2/c20-16-8-6-13(7-9-16)15-3-1-2-10-22(12-15)19(23)17-11-18(24-21-17)14-4-5-14/h6-9,11,14-15H,1-5,10,12H2. The van der Waals surface area contributed by atoms with Gasteiger partial charge >= 0.3 is 0 Å². The van der Waals surface area contributed by atoms with Gasteiger partial charge < -0.3 is 9.42 Å². The van der Waals surface area contributed by atoms with E-state index in [4.69, 9.17) is 4.52 Å². The molecule has 1 atom stereocenters. The van der Waals surface area contributed by atoms with Gasteiger partial charge in [0.2, 0.25) is 0 Å². The van der Waals surface area contributed by atoms with E-state index >= 15 is 0 Å². The summed E-state index contributed by atoms with van der Waals surface area (Å²) in [6.07, 6.45) is 5.31. The Balaban J connectivity index is 1.50.